The number of anilines is 1. The van der Waals surface area contributed by atoms with Gasteiger partial charge in [0.05, 0.1) is 5.52 Å². The topological polar surface area (TPSA) is 51.5 Å². The van der Waals surface area contributed by atoms with E-state index in [1.165, 1.54) is 6.07 Å². The highest BCUT2D eigenvalue weighted by Gasteiger charge is 2.15. The minimum Gasteiger partial charge on any atom is -0.483 e. The van der Waals surface area contributed by atoms with E-state index < -0.39 is 0 Å². The first-order valence-electron chi connectivity index (χ1n) is 8.60. The van der Waals surface area contributed by atoms with Gasteiger partial charge < -0.3 is 14.2 Å². The van der Waals surface area contributed by atoms with E-state index in [0.29, 0.717) is 12.3 Å². The summed E-state index contributed by atoms with van der Waals surface area (Å²) in [5.41, 5.74) is 2.52. The molecule has 1 amide bonds. The van der Waals surface area contributed by atoms with Crippen LogP contribution < -0.4 is 15.2 Å². The fourth-order valence-electron chi connectivity index (χ4n) is 3.06. The third-order valence-corrected chi connectivity index (χ3v) is 4.50. The Labute approximate surface area is 152 Å². The Morgan fingerprint density at radius 3 is 2.54 bits per heavy atom. The number of carbonyl (C=O) groups excluding carboxylic acids is 1. The third-order valence-electron chi connectivity index (χ3n) is 4.50. The van der Waals surface area contributed by atoms with Crippen molar-refractivity contribution in [3.8, 4) is 5.75 Å². The maximum atomic E-state index is 12.5. The molecule has 0 aliphatic heterocycles. The van der Waals surface area contributed by atoms with Crippen LogP contribution in [0.2, 0.25) is 0 Å². The van der Waals surface area contributed by atoms with Crippen molar-refractivity contribution in [1.82, 2.24) is 4.57 Å². The Balaban J connectivity index is 1.85. The molecular formula is C21H22N2O3. The van der Waals surface area contributed by atoms with Gasteiger partial charge in [0.25, 0.3) is 11.5 Å². The van der Waals surface area contributed by atoms with Crippen LogP contribution in [0.3, 0.4) is 0 Å². The van der Waals surface area contributed by atoms with Gasteiger partial charge in [-0.25, -0.2) is 0 Å². The molecule has 2 aromatic carbocycles. The summed E-state index contributed by atoms with van der Waals surface area (Å²) in [6, 6.07) is 16.7. The van der Waals surface area contributed by atoms with Crippen molar-refractivity contribution in [2.45, 2.75) is 20.4 Å². The highest BCUT2D eigenvalue weighted by molar-refractivity contribution is 5.95. The normalized spacial score (nSPS) is 10.7. The van der Waals surface area contributed by atoms with Crippen LogP contribution in [-0.2, 0) is 11.3 Å². The second-order valence-corrected chi connectivity index (χ2v) is 6.14. The van der Waals surface area contributed by atoms with Gasteiger partial charge in [-0.2, -0.15) is 0 Å². The van der Waals surface area contributed by atoms with Gasteiger partial charge in [0, 0.05) is 30.7 Å². The summed E-state index contributed by atoms with van der Waals surface area (Å²) >= 11 is 0. The zero-order chi connectivity index (χ0) is 18.7. The largest absolute Gasteiger partial charge is 0.483 e. The summed E-state index contributed by atoms with van der Waals surface area (Å²) in [6.45, 7) is 4.33. The quantitative estimate of drug-likeness (QED) is 0.709. The summed E-state index contributed by atoms with van der Waals surface area (Å²) in [7, 11) is 1.72. The number of likely N-dealkylation sites (N-methyl/N-ethyl adjacent to an activating group) is 1. The van der Waals surface area contributed by atoms with E-state index in [9.17, 15) is 9.59 Å². The Kier molecular flexibility index (Phi) is 5.07. The number of carbonyl (C=O) groups is 1. The van der Waals surface area contributed by atoms with Crippen LogP contribution in [0.4, 0.5) is 5.69 Å². The molecule has 5 heteroatoms. The summed E-state index contributed by atoms with van der Waals surface area (Å²) in [5.74, 6) is 0.255. The third kappa shape index (κ3) is 3.33. The smallest absolute Gasteiger partial charge is 0.264 e. The number of ether oxygens (including phenoxy) is 1. The zero-order valence-corrected chi connectivity index (χ0v) is 15.2. The molecule has 134 valence electrons. The van der Waals surface area contributed by atoms with Crippen LogP contribution in [0.1, 0.15) is 12.5 Å². The number of pyridine rings is 1. The van der Waals surface area contributed by atoms with Crippen molar-refractivity contribution in [2.75, 3.05) is 18.6 Å². The molecule has 5 nitrogen and oxygen atoms in total. The second-order valence-electron chi connectivity index (χ2n) is 6.14. The lowest BCUT2D eigenvalue weighted by molar-refractivity contribution is -0.120. The second kappa shape index (κ2) is 7.44. The molecule has 0 aliphatic carbocycles. The van der Waals surface area contributed by atoms with Gasteiger partial charge in [0.1, 0.15) is 5.75 Å². The number of hydrogen-bond acceptors (Lipinski definition) is 3. The Hall–Kier alpha value is -3.08. The predicted molar refractivity (Wildman–Crippen MR) is 104 cm³/mol. The fraction of sp³-hybridized carbons (Fsp3) is 0.238. The van der Waals surface area contributed by atoms with Gasteiger partial charge >= 0.3 is 0 Å². The molecule has 0 unspecified atom stereocenters. The average molecular weight is 350 g/mol. The number of benzene rings is 2. The van der Waals surface area contributed by atoms with Crippen molar-refractivity contribution >= 4 is 22.5 Å². The lowest BCUT2D eigenvalue weighted by Gasteiger charge is -2.20. The van der Waals surface area contributed by atoms with E-state index in [-0.39, 0.29) is 18.1 Å². The van der Waals surface area contributed by atoms with Crippen molar-refractivity contribution in [3.05, 3.63) is 70.5 Å². The van der Waals surface area contributed by atoms with Crippen LogP contribution in [-0.4, -0.2) is 24.1 Å². The summed E-state index contributed by atoms with van der Waals surface area (Å²) in [4.78, 5) is 26.4. The Morgan fingerprint density at radius 1 is 1.12 bits per heavy atom. The SMILES string of the molecule is CCn1c(=O)cc(OCC(=O)N(C)c2ccccc2C)c2ccccc21. The molecule has 0 saturated heterocycles. The highest BCUT2D eigenvalue weighted by atomic mass is 16.5. The van der Waals surface area contributed by atoms with Gasteiger partial charge in [-0.1, -0.05) is 30.3 Å². The van der Waals surface area contributed by atoms with Gasteiger partial charge in [-0.15, -0.1) is 0 Å². The molecule has 0 saturated carbocycles. The number of nitrogens with zero attached hydrogens (tertiary/aromatic N) is 2. The molecule has 0 radical (unpaired) electrons. The number of aryl methyl sites for hydroxylation is 2. The molecule has 0 N–H and O–H groups in total. The lowest BCUT2D eigenvalue weighted by atomic mass is 10.2. The van der Waals surface area contributed by atoms with Crippen LogP contribution >= 0.6 is 0 Å². The van der Waals surface area contributed by atoms with Crippen LogP contribution in [0.15, 0.2) is 59.4 Å². The highest BCUT2D eigenvalue weighted by Crippen LogP contribution is 2.24. The number of hydrogen-bond donors (Lipinski definition) is 0. The van der Waals surface area contributed by atoms with E-state index >= 15 is 0 Å². The molecule has 0 spiro atoms. The summed E-state index contributed by atoms with van der Waals surface area (Å²) < 4.78 is 7.42. The van der Waals surface area contributed by atoms with Gasteiger partial charge in [-0.3, -0.25) is 9.59 Å². The first-order valence-corrected chi connectivity index (χ1v) is 8.60. The van der Waals surface area contributed by atoms with Gasteiger partial charge in [-0.05, 0) is 37.6 Å². The molecule has 0 fully saturated rings. The van der Waals surface area contributed by atoms with E-state index in [1.54, 1.807) is 16.5 Å². The summed E-state index contributed by atoms with van der Waals surface area (Å²) in [6.07, 6.45) is 0. The number of amides is 1. The van der Waals surface area contributed by atoms with Crippen molar-refractivity contribution in [3.63, 3.8) is 0 Å². The average Bonchev–Trinajstić information content (AvgIpc) is 2.65. The van der Waals surface area contributed by atoms with Crippen molar-refractivity contribution in [2.24, 2.45) is 0 Å². The summed E-state index contributed by atoms with van der Waals surface area (Å²) in [5, 5.41) is 0.820. The minimum absolute atomic E-state index is 0.135. The monoisotopic (exact) mass is 350 g/mol. The molecule has 1 heterocycles. The van der Waals surface area contributed by atoms with E-state index in [1.807, 2.05) is 62.4 Å². The predicted octanol–water partition coefficient (Wildman–Crippen LogP) is 3.37. The van der Waals surface area contributed by atoms with E-state index in [2.05, 4.69) is 0 Å². The molecule has 0 bridgehead atoms. The zero-order valence-electron chi connectivity index (χ0n) is 15.2. The number of aromatic nitrogens is 1. The van der Waals surface area contributed by atoms with Crippen LogP contribution in [0.5, 0.6) is 5.75 Å². The van der Waals surface area contributed by atoms with E-state index in [0.717, 1.165) is 22.2 Å². The van der Waals surface area contributed by atoms with Gasteiger partial charge in [0.15, 0.2) is 6.61 Å². The molecule has 0 atom stereocenters. The fourth-order valence-corrected chi connectivity index (χ4v) is 3.06. The van der Waals surface area contributed by atoms with Crippen LogP contribution in [0.25, 0.3) is 10.9 Å². The molecule has 1 aromatic heterocycles. The number of rotatable bonds is 5. The first-order chi connectivity index (χ1) is 12.5. The maximum Gasteiger partial charge on any atom is 0.264 e. The standard InChI is InChI=1S/C21H22N2O3/c1-4-23-18-12-8-6-10-16(18)19(13-20(23)24)26-14-21(25)22(3)17-11-7-5-9-15(17)2/h5-13H,4,14H2,1-3H3. The Bertz CT molecular complexity index is 1010. The Morgan fingerprint density at radius 2 is 1.81 bits per heavy atom. The van der Waals surface area contributed by atoms with Crippen molar-refractivity contribution < 1.29 is 9.53 Å². The molecule has 3 aromatic rings. The first kappa shape index (κ1) is 17.7. The minimum atomic E-state index is -0.178. The van der Waals surface area contributed by atoms with Gasteiger partial charge in [0.2, 0.25) is 0 Å². The molecule has 0 aliphatic rings. The molecule has 3 rings (SSSR count). The van der Waals surface area contributed by atoms with E-state index in [4.69, 9.17) is 4.74 Å². The van der Waals surface area contributed by atoms with Crippen molar-refractivity contribution in [1.29, 1.82) is 0 Å². The lowest BCUT2D eigenvalue weighted by Crippen LogP contribution is -2.32. The number of fused-ring (bicyclic) bond motifs is 1. The number of para-hydroxylation sites is 2. The molecule has 26 heavy (non-hydrogen) atoms. The van der Waals surface area contributed by atoms with Crippen LogP contribution in [0, 0.1) is 6.92 Å². The molecular weight excluding hydrogens is 328 g/mol. The maximum absolute atomic E-state index is 12.5.